The van der Waals surface area contributed by atoms with Gasteiger partial charge in [0.1, 0.15) is 5.75 Å². The van der Waals surface area contributed by atoms with Gasteiger partial charge in [0, 0.05) is 68.6 Å². The molecule has 1 atom stereocenters. The number of carbonyl (C=O) groups excluding carboxylic acids is 3. The van der Waals surface area contributed by atoms with Crippen molar-refractivity contribution >= 4 is 29.3 Å². The number of rotatable bonds is 8. The minimum Gasteiger partial charge on any atom is -0.410 e. The van der Waals surface area contributed by atoms with Crippen LogP contribution in [0, 0.1) is 13.8 Å². The van der Waals surface area contributed by atoms with Crippen molar-refractivity contribution in [2.24, 2.45) is 0 Å². The van der Waals surface area contributed by atoms with Crippen LogP contribution >= 0.6 is 0 Å². The molecule has 1 aromatic heterocycles. The van der Waals surface area contributed by atoms with E-state index in [0.717, 1.165) is 65.4 Å². The summed E-state index contributed by atoms with van der Waals surface area (Å²) in [6.07, 6.45) is 2.79. The maximum Gasteiger partial charge on any atom is 0.415 e. The molecule has 6 aromatic rings. The van der Waals surface area contributed by atoms with Crippen LogP contribution in [0.4, 0.5) is 16.2 Å². The first kappa shape index (κ1) is 39.0. The van der Waals surface area contributed by atoms with Gasteiger partial charge in [-0.2, -0.15) is 0 Å². The zero-order valence-electron chi connectivity index (χ0n) is 34.1. The van der Waals surface area contributed by atoms with Crippen molar-refractivity contribution in [3.05, 3.63) is 178 Å². The topological polar surface area (TPSA) is 87.6 Å². The molecule has 3 aliphatic heterocycles. The fourth-order valence-electron chi connectivity index (χ4n) is 8.82. The van der Waals surface area contributed by atoms with Crippen LogP contribution in [0.15, 0.2) is 134 Å². The minimum absolute atomic E-state index is 0.0679. The smallest absolute Gasteiger partial charge is 0.410 e. The Labute approximate surface area is 351 Å². The van der Waals surface area contributed by atoms with Crippen LogP contribution in [0.1, 0.15) is 54.2 Å². The summed E-state index contributed by atoms with van der Waals surface area (Å²) < 4.78 is 13.5. The summed E-state index contributed by atoms with van der Waals surface area (Å²) in [6.45, 7) is 8.96. The highest BCUT2D eigenvalue weighted by Crippen LogP contribution is 2.35. The lowest BCUT2D eigenvalue weighted by atomic mass is 9.91. The van der Waals surface area contributed by atoms with Crippen LogP contribution < -0.4 is 9.64 Å². The lowest BCUT2D eigenvalue weighted by Crippen LogP contribution is -2.52. The SMILES string of the molecule is Cc1c(C(=O)N(c2ccccc2)c2ccccc2)cn(-c2cc3c(cc2C(=O)N2Cc4ccccc4C[C@H]2CN2CCOCC2)CN(C(=O)Oc2ccccc2)CC3)c1C. The fourth-order valence-corrected chi connectivity index (χ4v) is 8.82. The number of hydrogen-bond acceptors (Lipinski definition) is 6. The Morgan fingerprint density at radius 1 is 0.700 bits per heavy atom. The first-order chi connectivity index (χ1) is 29.3. The average molecular weight is 800 g/mol. The Kier molecular flexibility index (Phi) is 11.1. The first-order valence-corrected chi connectivity index (χ1v) is 20.8. The van der Waals surface area contributed by atoms with Crippen LogP contribution in [-0.2, 0) is 30.7 Å². The van der Waals surface area contributed by atoms with Gasteiger partial charge in [-0.05, 0) is 103 Å². The highest BCUT2D eigenvalue weighted by atomic mass is 16.6. The number of fused-ring (bicyclic) bond motifs is 2. The second kappa shape index (κ2) is 17.0. The molecule has 1 fully saturated rings. The second-order valence-corrected chi connectivity index (χ2v) is 15.9. The molecule has 304 valence electrons. The van der Waals surface area contributed by atoms with Crippen LogP contribution in [0.25, 0.3) is 5.69 Å². The van der Waals surface area contributed by atoms with Crippen LogP contribution in [0.3, 0.4) is 0 Å². The fraction of sp³-hybridized carbons (Fsp3) is 0.260. The number of anilines is 2. The predicted octanol–water partition coefficient (Wildman–Crippen LogP) is 8.53. The van der Waals surface area contributed by atoms with Gasteiger partial charge >= 0.3 is 6.09 Å². The first-order valence-electron chi connectivity index (χ1n) is 20.8. The molecule has 10 nitrogen and oxygen atoms in total. The van der Waals surface area contributed by atoms with Crippen molar-refractivity contribution in [2.45, 2.75) is 45.8 Å². The van der Waals surface area contributed by atoms with Crippen LogP contribution in [0.5, 0.6) is 5.75 Å². The van der Waals surface area contributed by atoms with Gasteiger partial charge in [0.2, 0.25) is 0 Å². The van der Waals surface area contributed by atoms with Crippen LogP contribution in [0.2, 0.25) is 0 Å². The summed E-state index contributed by atoms with van der Waals surface area (Å²) in [5.41, 5.74) is 9.36. The van der Waals surface area contributed by atoms with E-state index >= 15 is 4.79 Å². The summed E-state index contributed by atoms with van der Waals surface area (Å²) in [5, 5.41) is 0. The summed E-state index contributed by atoms with van der Waals surface area (Å²) in [4.78, 5) is 51.7. The summed E-state index contributed by atoms with van der Waals surface area (Å²) in [6, 6.07) is 40.9. The van der Waals surface area contributed by atoms with Crippen molar-refractivity contribution in [1.29, 1.82) is 0 Å². The minimum atomic E-state index is -0.427. The number of ether oxygens (including phenoxy) is 2. The quantitative estimate of drug-likeness (QED) is 0.154. The van der Waals surface area contributed by atoms with Crippen molar-refractivity contribution in [3.63, 3.8) is 0 Å². The Bertz CT molecular complexity index is 2480. The van der Waals surface area contributed by atoms with E-state index in [4.69, 9.17) is 9.47 Å². The highest BCUT2D eigenvalue weighted by Gasteiger charge is 2.35. The van der Waals surface area contributed by atoms with E-state index in [1.807, 2.05) is 121 Å². The molecule has 0 spiro atoms. The zero-order chi connectivity index (χ0) is 41.2. The predicted molar refractivity (Wildman–Crippen MR) is 232 cm³/mol. The molecule has 5 aromatic carbocycles. The molecule has 0 aliphatic carbocycles. The number of morpholine rings is 1. The van der Waals surface area contributed by atoms with E-state index < -0.39 is 6.09 Å². The molecular weight excluding hydrogens is 751 g/mol. The van der Waals surface area contributed by atoms with Crippen LogP contribution in [-0.4, -0.2) is 82.6 Å². The molecule has 0 N–H and O–H groups in total. The van der Waals surface area contributed by atoms with Gasteiger partial charge in [0.05, 0.1) is 30.0 Å². The Hall–Kier alpha value is -6.49. The standard InChI is InChI=1S/C50H49N5O5/c1-35-36(2)53(34-46(35)49(57)55(41-16-6-3-7-17-41)42-18-8-4-9-19-42)47-30-38-22-23-52(50(58)60-44-20-10-5-11-21-44)31-40(38)29-45(47)48(56)54-32-39-15-13-12-14-37(39)28-43(54)33-51-24-26-59-27-25-51/h3-21,29-30,34,43H,22-28,31-33H2,1-2H3/t43-/m0/s1. The summed E-state index contributed by atoms with van der Waals surface area (Å²) in [7, 11) is 0. The monoisotopic (exact) mass is 799 g/mol. The highest BCUT2D eigenvalue weighted by molar-refractivity contribution is 6.12. The average Bonchev–Trinajstić information content (AvgIpc) is 3.59. The number of benzene rings is 5. The number of amides is 3. The van der Waals surface area contributed by atoms with E-state index in [1.165, 1.54) is 5.56 Å². The number of carbonyl (C=O) groups is 3. The number of nitrogens with zero attached hydrogens (tertiary/aromatic N) is 5. The maximum atomic E-state index is 15.5. The second-order valence-electron chi connectivity index (χ2n) is 15.9. The number of para-hydroxylation sites is 3. The van der Waals surface area contributed by atoms with Crippen molar-refractivity contribution in [1.82, 2.24) is 19.3 Å². The molecule has 1 saturated heterocycles. The molecule has 10 heteroatoms. The van der Waals surface area contributed by atoms with Gasteiger partial charge in [-0.15, -0.1) is 0 Å². The molecule has 0 bridgehead atoms. The largest absolute Gasteiger partial charge is 0.415 e. The Balaban J connectivity index is 1.13. The Morgan fingerprint density at radius 2 is 1.33 bits per heavy atom. The van der Waals surface area contributed by atoms with E-state index in [1.54, 1.807) is 21.9 Å². The molecule has 9 rings (SSSR count). The van der Waals surface area contributed by atoms with E-state index in [0.29, 0.717) is 61.8 Å². The number of hydrogen-bond donors (Lipinski definition) is 0. The van der Waals surface area contributed by atoms with Gasteiger partial charge in [-0.1, -0.05) is 78.9 Å². The molecule has 3 amide bonds. The lowest BCUT2D eigenvalue weighted by molar-refractivity contribution is 0.0193. The van der Waals surface area contributed by atoms with Gasteiger partial charge in [0.25, 0.3) is 11.8 Å². The third-order valence-corrected chi connectivity index (χ3v) is 12.2. The molecule has 3 aliphatic rings. The van der Waals surface area contributed by atoms with E-state index in [2.05, 4.69) is 29.2 Å². The van der Waals surface area contributed by atoms with Gasteiger partial charge in [-0.25, -0.2) is 4.79 Å². The third kappa shape index (κ3) is 7.84. The normalized spacial score (nSPS) is 16.5. The zero-order valence-corrected chi connectivity index (χ0v) is 34.1. The molecule has 0 radical (unpaired) electrons. The lowest BCUT2D eigenvalue weighted by Gasteiger charge is -2.41. The van der Waals surface area contributed by atoms with Crippen molar-refractivity contribution in [3.8, 4) is 11.4 Å². The molecule has 60 heavy (non-hydrogen) atoms. The Morgan fingerprint density at radius 3 is 2.02 bits per heavy atom. The summed E-state index contributed by atoms with van der Waals surface area (Å²) >= 11 is 0. The van der Waals surface area contributed by atoms with Gasteiger partial charge < -0.3 is 23.8 Å². The van der Waals surface area contributed by atoms with E-state index in [9.17, 15) is 9.59 Å². The molecular formula is C50H49N5O5. The van der Waals surface area contributed by atoms with Crippen molar-refractivity contribution in [2.75, 3.05) is 44.3 Å². The van der Waals surface area contributed by atoms with Gasteiger partial charge in [0.15, 0.2) is 0 Å². The molecule has 4 heterocycles. The molecule has 0 unspecified atom stereocenters. The van der Waals surface area contributed by atoms with E-state index in [-0.39, 0.29) is 17.9 Å². The third-order valence-electron chi connectivity index (χ3n) is 12.2. The molecule has 0 saturated carbocycles. The van der Waals surface area contributed by atoms with Gasteiger partial charge in [-0.3, -0.25) is 19.4 Å². The van der Waals surface area contributed by atoms with Crippen molar-refractivity contribution < 1.29 is 23.9 Å². The summed E-state index contributed by atoms with van der Waals surface area (Å²) in [5.74, 6) is 0.236. The maximum absolute atomic E-state index is 15.5. The number of aromatic nitrogens is 1.